The van der Waals surface area contributed by atoms with Crippen molar-refractivity contribution in [3.05, 3.63) is 30.0 Å². The number of aromatic nitrogens is 1. The number of carbonyl (C=O) groups is 1. The van der Waals surface area contributed by atoms with E-state index in [-0.39, 0.29) is 5.91 Å². The third-order valence-electron chi connectivity index (χ3n) is 2.79. The molecule has 0 saturated carbocycles. The lowest BCUT2D eigenvalue weighted by Crippen LogP contribution is -2.30. The number of methoxy groups -OCH3 is 1. The Balaban J connectivity index is 2.16. The lowest BCUT2D eigenvalue weighted by Gasteiger charge is -2.03. The van der Waals surface area contributed by atoms with Crippen molar-refractivity contribution in [3.8, 4) is 5.75 Å². The number of ether oxygens (including phenoxy) is 1. The second kappa shape index (κ2) is 5.55. The smallest absolute Gasteiger partial charge is 0.224 e. The topological polar surface area (TPSA) is 80.1 Å². The summed E-state index contributed by atoms with van der Waals surface area (Å²) in [5, 5.41) is 3.80. The van der Waals surface area contributed by atoms with Gasteiger partial charge in [0.05, 0.1) is 13.5 Å². The highest BCUT2D eigenvalue weighted by Gasteiger charge is 2.08. The van der Waals surface area contributed by atoms with E-state index in [1.807, 2.05) is 24.4 Å². The minimum atomic E-state index is -0.0165. The quantitative estimate of drug-likeness (QED) is 0.731. The zero-order valence-electron chi connectivity index (χ0n) is 10.3. The molecule has 2 rings (SSSR count). The van der Waals surface area contributed by atoms with Crippen LogP contribution in [0.4, 0.5) is 0 Å². The largest absolute Gasteiger partial charge is 0.497 e. The summed E-state index contributed by atoms with van der Waals surface area (Å²) in [6.07, 6.45) is 2.21. The first-order valence-electron chi connectivity index (χ1n) is 5.85. The third-order valence-corrected chi connectivity index (χ3v) is 2.79. The maximum absolute atomic E-state index is 11.6. The molecule has 0 atom stereocenters. The van der Waals surface area contributed by atoms with Gasteiger partial charge in [0.2, 0.25) is 5.91 Å². The number of hydrogen-bond donors (Lipinski definition) is 3. The summed E-state index contributed by atoms with van der Waals surface area (Å²) in [7, 11) is 1.63. The van der Waals surface area contributed by atoms with Gasteiger partial charge in [0.1, 0.15) is 5.75 Å². The summed E-state index contributed by atoms with van der Waals surface area (Å²) in [5.74, 6) is 0.778. The molecule has 1 amide bonds. The lowest BCUT2D eigenvalue weighted by atomic mass is 10.1. The molecule has 18 heavy (non-hydrogen) atoms. The third kappa shape index (κ3) is 2.62. The van der Waals surface area contributed by atoms with Gasteiger partial charge >= 0.3 is 0 Å². The van der Waals surface area contributed by atoms with Gasteiger partial charge in [-0.3, -0.25) is 4.79 Å². The number of nitrogens with two attached hydrogens (primary N) is 1. The van der Waals surface area contributed by atoms with E-state index < -0.39 is 0 Å². The first-order valence-corrected chi connectivity index (χ1v) is 5.85. The minimum Gasteiger partial charge on any atom is -0.497 e. The Kier molecular flexibility index (Phi) is 3.84. The number of amides is 1. The van der Waals surface area contributed by atoms with E-state index in [0.717, 1.165) is 22.2 Å². The van der Waals surface area contributed by atoms with Gasteiger partial charge in [0.25, 0.3) is 0 Å². The summed E-state index contributed by atoms with van der Waals surface area (Å²) < 4.78 is 5.15. The predicted octanol–water partition coefficient (Wildman–Crippen LogP) is 0.794. The summed E-state index contributed by atoms with van der Waals surface area (Å²) in [6.45, 7) is 0.964. The van der Waals surface area contributed by atoms with Crippen LogP contribution in [0, 0.1) is 0 Å². The number of aromatic amines is 1. The van der Waals surface area contributed by atoms with Crippen LogP contribution >= 0.6 is 0 Å². The second-order valence-corrected chi connectivity index (χ2v) is 4.04. The highest BCUT2D eigenvalue weighted by molar-refractivity contribution is 5.89. The fourth-order valence-corrected chi connectivity index (χ4v) is 1.89. The Morgan fingerprint density at radius 1 is 1.50 bits per heavy atom. The predicted molar refractivity (Wildman–Crippen MR) is 70.6 cm³/mol. The van der Waals surface area contributed by atoms with Crippen molar-refractivity contribution in [1.82, 2.24) is 10.3 Å². The molecule has 0 bridgehead atoms. The van der Waals surface area contributed by atoms with E-state index in [9.17, 15) is 4.79 Å². The van der Waals surface area contributed by atoms with Crippen LogP contribution < -0.4 is 15.8 Å². The fourth-order valence-electron chi connectivity index (χ4n) is 1.89. The Hall–Kier alpha value is -2.01. The van der Waals surface area contributed by atoms with E-state index >= 15 is 0 Å². The van der Waals surface area contributed by atoms with Crippen molar-refractivity contribution >= 4 is 16.8 Å². The SMILES string of the molecule is COc1ccc2c(CC(=O)NCCN)c[nH]c2c1. The molecule has 4 N–H and O–H groups in total. The molecule has 0 aliphatic rings. The van der Waals surface area contributed by atoms with Gasteiger partial charge in [0.15, 0.2) is 0 Å². The van der Waals surface area contributed by atoms with Crippen LogP contribution in [0.15, 0.2) is 24.4 Å². The molecule has 0 spiro atoms. The van der Waals surface area contributed by atoms with E-state index in [4.69, 9.17) is 10.5 Å². The molecular weight excluding hydrogens is 230 g/mol. The fraction of sp³-hybridized carbons (Fsp3) is 0.308. The summed E-state index contributed by atoms with van der Waals surface area (Å²) in [5.41, 5.74) is 7.28. The van der Waals surface area contributed by atoms with E-state index in [1.165, 1.54) is 0 Å². The molecule has 1 aromatic carbocycles. The van der Waals surface area contributed by atoms with Gasteiger partial charge in [-0.15, -0.1) is 0 Å². The Morgan fingerprint density at radius 2 is 2.33 bits per heavy atom. The molecule has 0 aliphatic heterocycles. The molecular formula is C13H17N3O2. The number of rotatable bonds is 5. The van der Waals surface area contributed by atoms with Crippen molar-refractivity contribution in [2.24, 2.45) is 5.73 Å². The van der Waals surface area contributed by atoms with Gasteiger partial charge in [-0.1, -0.05) is 0 Å². The highest BCUT2D eigenvalue weighted by Crippen LogP contribution is 2.23. The average Bonchev–Trinajstić information content (AvgIpc) is 2.78. The number of H-pyrrole nitrogens is 1. The van der Waals surface area contributed by atoms with Crippen molar-refractivity contribution in [2.75, 3.05) is 20.2 Å². The number of carbonyl (C=O) groups excluding carboxylic acids is 1. The molecule has 0 saturated heterocycles. The van der Waals surface area contributed by atoms with Crippen LogP contribution in [-0.4, -0.2) is 31.1 Å². The lowest BCUT2D eigenvalue weighted by molar-refractivity contribution is -0.120. The number of nitrogens with one attached hydrogen (secondary N) is 2. The van der Waals surface area contributed by atoms with E-state index in [0.29, 0.717) is 19.5 Å². The van der Waals surface area contributed by atoms with Crippen LogP contribution in [0.3, 0.4) is 0 Å². The van der Waals surface area contributed by atoms with Crippen LogP contribution in [0.1, 0.15) is 5.56 Å². The van der Waals surface area contributed by atoms with Crippen LogP contribution in [0.25, 0.3) is 10.9 Å². The zero-order valence-corrected chi connectivity index (χ0v) is 10.3. The molecule has 0 fully saturated rings. The molecule has 0 aliphatic carbocycles. The maximum Gasteiger partial charge on any atom is 0.224 e. The Morgan fingerprint density at radius 3 is 3.06 bits per heavy atom. The van der Waals surface area contributed by atoms with Crippen molar-refractivity contribution in [3.63, 3.8) is 0 Å². The minimum absolute atomic E-state index is 0.0165. The second-order valence-electron chi connectivity index (χ2n) is 4.04. The monoisotopic (exact) mass is 247 g/mol. The first kappa shape index (κ1) is 12.4. The normalized spacial score (nSPS) is 10.6. The number of fused-ring (bicyclic) bond motifs is 1. The van der Waals surface area contributed by atoms with Gasteiger partial charge in [-0.05, 0) is 17.7 Å². The standard InChI is InChI=1S/C13H17N3O2/c1-18-10-2-3-11-9(8-16-12(11)7-10)6-13(17)15-5-4-14/h2-3,7-8,16H,4-6,14H2,1H3,(H,15,17). The van der Waals surface area contributed by atoms with Crippen LogP contribution in [0.2, 0.25) is 0 Å². The maximum atomic E-state index is 11.6. The van der Waals surface area contributed by atoms with Crippen molar-refractivity contribution in [2.45, 2.75) is 6.42 Å². The van der Waals surface area contributed by atoms with Gasteiger partial charge in [0, 0.05) is 36.3 Å². The molecule has 5 heteroatoms. The Bertz CT molecular complexity index is 548. The zero-order chi connectivity index (χ0) is 13.0. The van der Waals surface area contributed by atoms with Gasteiger partial charge < -0.3 is 20.8 Å². The first-order chi connectivity index (χ1) is 8.74. The molecule has 5 nitrogen and oxygen atoms in total. The molecule has 2 aromatic rings. The van der Waals surface area contributed by atoms with E-state index in [2.05, 4.69) is 10.3 Å². The van der Waals surface area contributed by atoms with Gasteiger partial charge in [-0.2, -0.15) is 0 Å². The molecule has 0 radical (unpaired) electrons. The van der Waals surface area contributed by atoms with Crippen LogP contribution in [-0.2, 0) is 11.2 Å². The summed E-state index contributed by atoms with van der Waals surface area (Å²) in [4.78, 5) is 14.8. The van der Waals surface area contributed by atoms with E-state index in [1.54, 1.807) is 7.11 Å². The number of hydrogen-bond acceptors (Lipinski definition) is 3. The molecule has 1 heterocycles. The molecule has 1 aromatic heterocycles. The summed E-state index contributed by atoms with van der Waals surface area (Å²) >= 11 is 0. The Labute approximate surface area is 105 Å². The van der Waals surface area contributed by atoms with Crippen molar-refractivity contribution in [1.29, 1.82) is 0 Å². The van der Waals surface area contributed by atoms with Gasteiger partial charge in [-0.25, -0.2) is 0 Å². The number of benzene rings is 1. The molecule has 96 valence electrons. The summed E-state index contributed by atoms with van der Waals surface area (Å²) in [6, 6.07) is 5.75. The highest BCUT2D eigenvalue weighted by atomic mass is 16.5. The average molecular weight is 247 g/mol. The molecule has 0 unspecified atom stereocenters. The van der Waals surface area contributed by atoms with Crippen LogP contribution in [0.5, 0.6) is 5.75 Å². The van der Waals surface area contributed by atoms with Crippen molar-refractivity contribution < 1.29 is 9.53 Å².